The first kappa shape index (κ1) is 21.2. The lowest BCUT2D eigenvalue weighted by molar-refractivity contribution is -0.116. The molecule has 0 saturated carbocycles. The molecule has 1 N–H and O–H groups in total. The fraction of sp³-hybridized carbons (Fsp3) is 0.450. The van der Waals surface area contributed by atoms with Crippen LogP contribution in [0.5, 0.6) is 0 Å². The normalized spacial score (nSPS) is 11.6. The minimum Gasteiger partial charge on any atom is -0.383 e. The van der Waals surface area contributed by atoms with Gasteiger partial charge in [-0.1, -0.05) is 24.6 Å². The summed E-state index contributed by atoms with van der Waals surface area (Å²) in [5.74, 6) is 0.120. The lowest BCUT2D eigenvalue weighted by Gasteiger charge is -2.14. The van der Waals surface area contributed by atoms with E-state index in [0.29, 0.717) is 37.4 Å². The molecule has 0 atom stereocenters. The summed E-state index contributed by atoms with van der Waals surface area (Å²) in [6, 6.07) is 6.74. The summed E-state index contributed by atoms with van der Waals surface area (Å²) in [6.45, 7) is 8.31. The molecule has 0 bridgehead atoms. The molecule has 2 aromatic rings. The number of carbonyl (C=O) groups is 1. The molecular formula is C20H28N2O4S. The average molecular weight is 393 g/mol. The molecule has 0 saturated heterocycles. The molecule has 1 aromatic carbocycles. The van der Waals surface area contributed by atoms with Crippen LogP contribution in [0, 0.1) is 20.8 Å². The quantitative estimate of drug-likeness (QED) is 0.744. The van der Waals surface area contributed by atoms with Crippen molar-refractivity contribution in [3.63, 3.8) is 0 Å². The van der Waals surface area contributed by atoms with E-state index in [1.807, 2.05) is 25.3 Å². The summed E-state index contributed by atoms with van der Waals surface area (Å²) < 4.78 is 33.7. The summed E-state index contributed by atoms with van der Waals surface area (Å²) in [6.07, 6.45) is 1.01. The third-order valence-corrected chi connectivity index (χ3v) is 6.56. The Labute approximate surface area is 161 Å². The zero-order valence-electron chi connectivity index (χ0n) is 16.6. The number of amides is 1. The number of methoxy groups -OCH3 is 1. The van der Waals surface area contributed by atoms with Gasteiger partial charge in [0.25, 0.3) is 0 Å². The van der Waals surface area contributed by atoms with Crippen molar-refractivity contribution in [1.82, 2.24) is 4.57 Å². The topological polar surface area (TPSA) is 77.4 Å². The van der Waals surface area contributed by atoms with Gasteiger partial charge in [-0.3, -0.25) is 4.79 Å². The van der Waals surface area contributed by atoms with Crippen LogP contribution in [0.15, 0.2) is 34.1 Å². The van der Waals surface area contributed by atoms with Crippen LogP contribution >= 0.6 is 0 Å². The number of carbonyl (C=O) groups excluding carboxylic acids is 1. The number of hydrogen-bond donors (Lipinski definition) is 1. The molecule has 0 aliphatic heterocycles. The molecule has 0 spiro atoms. The van der Waals surface area contributed by atoms with Crippen molar-refractivity contribution in [3.8, 4) is 0 Å². The van der Waals surface area contributed by atoms with Crippen LogP contribution in [-0.2, 0) is 25.9 Å². The van der Waals surface area contributed by atoms with Gasteiger partial charge in [-0.2, -0.15) is 0 Å². The van der Waals surface area contributed by atoms with Gasteiger partial charge in [0.1, 0.15) is 10.7 Å². The summed E-state index contributed by atoms with van der Waals surface area (Å²) in [5, 5.41) is 2.83. The lowest BCUT2D eigenvalue weighted by atomic mass is 10.2. The Morgan fingerprint density at radius 2 is 1.78 bits per heavy atom. The van der Waals surface area contributed by atoms with E-state index >= 15 is 0 Å². The van der Waals surface area contributed by atoms with Gasteiger partial charge in [0.15, 0.2) is 0 Å². The van der Waals surface area contributed by atoms with Gasteiger partial charge in [0.05, 0.1) is 11.5 Å². The fourth-order valence-corrected chi connectivity index (χ4v) is 4.70. The van der Waals surface area contributed by atoms with E-state index in [2.05, 4.69) is 5.32 Å². The predicted octanol–water partition coefficient (Wildman–Crippen LogP) is 3.63. The monoisotopic (exact) mass is 392 g/mol. The number of ether oxygens (including phenoxy) is 1. The van der Waals surface area contributed by atoms with Crippen LogP contribution in [0.4, 0.5) is 5.82 Å². The zero-order chi connectivity index (χ0) is 20.2. The van der Waals surface area contributed by atoms with Gasteiger partial charge in [-0.05, 0) is 44.9 Å². The van der Waals surface area contributed by atoms with Gasteiger partial charge in [-0.25, -0.2) is 8.42 Å². The molecular weight excluding hydrogens is 364 g/mol. The minimum absolute atomic E-state index is 0.157. The second kappa shape index (κ2) is 8.71. The predicted molar refractivity (Wildman–Crippen MR) is 106 cm³/mol. The number of aromatic nitrogens is 1. The Morgan fingerprint density at radius 3 is 2.33 bits per heavy atom. The SMILES string of the molecule is CCCC(=O)Nc1c(S(=O)(=O)c2ccc(C)cc2)c(C)c(C)n1CCOC. The highest BCUT2D eigenvalue weighted by molar-refractivity contribution is 7.91. The molecule has 1 amide bonds. The number of sulfone groups is 1. The van der Waals surface area contributed by atoms with Gasteiger partial charge in [-0.15, -0.1) is 0 Å². The van der Waals surface area contributed by atoms with Crippen molar-refractivity contribution in [2.24, 2.45) is 0 Å². The molecule has 2 rings (SSSR count). The molecule has 1 aromatic heterocycles. The molecule has 148 valence electrons. The smallest absolute Gasteiger partial charge is 0.225 e. The van der Waals surface area contributed by atoms with Gasteiger partial charge >= 0.3 is 0 Å². The Hall–Kier alpha value is -2.12. The van der Waals surface area contributed by atoms with Crippen LogP contribution in [-0.4, -0.2) is 32.6 Å². The molecule has 7 heteroatoms. The number of hydrogen-bond acceptors (Lipinski definition) is 4. The zero-order valence-corrected chi connectivity index (χ0v) is 17.4. The third-order valence-electron chi connectivity index (χ3n) is 4.63. The Balaban J connectivity index is 2.66. The van der Waals surface area contributed by atoms with Crippen LogP contribution in [0.1, 0.15) is 36.6 Å². The van der Waals surface area contributed by atoms with Crippen LogP contribution in [0.3, 0.4) is 0 Å². The van der Waals surface area contributed by atoms with Crippen molar-refractivity contribution in [1.29, 1.82) is 0 Å². The molecule has 0 fully saturated rings. The van der Waals surface area contributed by atoms with E-state index < -0.39 is 9.84 Å². The first-order valence-electron chi connectivity index (χ1n) is 9.04. The first-order chi connectivity index (χ1) is 12.7. The van der Waals surface area contributed by atoms with Crippen LogP contribution in [0.2, 0.25) is 0 Å². The maximum atomic E-state index is 13.4. The Bertz CT molecular complexity index is 912. The lowest BCUT2D eigenvalue weighted by Crippen LogP contribution is -2.18. The largest absolute Gasteiger partial charge is 0.383 e. The number of nitrogens with one attached hydrogen (secondary N) is 1. The maximum Gasteiger partial charge on any atom is 0.225 e. The summed E-state index contributed by atoms with van der Waals surface area (Å²) in [5.41, 5.74) is 2.42. The second-order valence-corrected chi connectivity index (χ2v) is 8.53. The fourth-order valence-electron chi connectivity index (χ4n) is 3.01. The van der Waals surface area contributed by atoms with E-state index in [9.17, 15) is 13.2 Å². The third kappa shape index (κ3) is 4.42. The van der Waals surface area contributed by atoms with E-state index in [1.54, 1.807) is 38.3 Å². The van der Waals surface area contributed by atoms with E-state index in [4.69, 9.17) is 4.74 Å². The molecule has 0 radical (unpaired) electrons. The summed E-state index contributed by atoms with van der Waals surface area (Å²) >= 11 is 0. The van der Waals surface area contributed by atoms with Gasteiger partial charge < -0.3 is 14.6 Å². The van der Waals surface area contributed by atoms with E-state index in [1.165, 1.54) is 0 Å². The Morgan fingerprint density at radius 1 is 1.15 bits per heavy atom. The highest BCUT2D eigenvalue weighted by Gasteiger charge is 2.30. The number of rotatable bonds is 8. The van der Waals surface area contributed by atoms with Crippen molar-refractivity contribution in [3.05, 3.63) is 41.1 Å². The van der Waals surface area contributed by atoms with Gasteiger partial charge in [0.2, 0.25) is 15.7 Å². The van der Waals surface area contributed by atoms with Crippen LogP contribution in [0.25, 0.3) is 0 Å². The number of benzene rings is 1. The highest BCUT2D eigenvalue weighted by Crippen LogP contribution is 2.35. The highest BCUT2D eigenvalue weighted by atomic mass is 32.2. The van der Waals surface area contributed by atoms with Crippen molar-refractivity contribution < 1.29 is 17.9 Å². The molecule has 0 aliphatic carbocycles. The maximum absolute atomic E-state index is 13.4. The van der Waals surface area contributed by atoms with Crippen molar-refractivity contribution >= 4 is 21.6 Å². The van der Waals surface area contributed by atoms with Crippen molar-refractivity contribution in [2.75, 3.05) is 19.0 Å². The average Bonchev–Trinajstić information content (AvgIpc) is 2.84. The number of anilines is 1. The van der Waals surface area contributed by atoms with Gasteiger partial charge in [0, 0.05) is 25.8 Å². The van der Waals surface area contributed by atoms with Crippen molar-refractivity contribution in [2.45, 2.75) is 56.9 Å². The summed E-state index contributed by atoms with van der Waals surface area (Å²) in [4.78, 5) is 12.6. The van der Waals surface area contributed by atoms with E-state index in [0.717, 1.165) is 11.3 Å². The number of aryl methyl sites for hydroxylation is 1. The minimum atomic E-state index is -3.78. The van der Waals surface area contributed by atoms with Crippen LogP contribution < -0.4 is 5.32 Å². The molecule has 27 heavy (non-hydrogen) atoms. The summed E-state index contributed by atoms with van der Waals surface area (Å²) in [7, 11) is -2.19. The Kier molecular flexibility index (Phi) is 6.84. The molecule has 0 unspecified atom stereocenters. The number of nitrogens with zero attached hydrogens (tertiary/aromatic N) is 1. The molecule has 0 aliphatic rings. The molecule has 6 nitrogen and oxygen atoms in total. The van der Waals surface area contributed by atoms with E-state index in [-0.39, 0.29) is 15.7 Å². The molecule has 1 heterocycles. The second-order valence-electron chi connectivity index (χ2n) is 6.65. The first-order valence-corrected chi connectivity index (χ1v) is 10.5. The standard InChI is InChI=1S/C20H28N2O4S/c1-6-7-18(23)21-20-19(15(3)16(4)22(20)12-13-26-5)27(24,25)17-10-8-14(2)9-11-17/h8-11H,6-7,12-13H2,1-5H3,(H,21,23).